The molecule has 0 bridgehead atoms. The molecule has 0 aliphatic carbocycles. The topological polar surface area (TPSA) is 164 Å². The highest BCUT2D eigenvalue weighted by atomic mass is 79.9. The lowest BCUT2D eigenvalue weighted by atomic mass is 9.92. The Labute approximate surface area is 348 Å². The molecule has 0 heterocycles. The van der Waals surface area contributed by atoms with E-state index in [9.17, 15) is 29.4 Å². The summed E-state index contributed by atoms with van der Waals surface area (Å²) >= 11 is 6.94. The maximum Gasteiger partial charge on any atom is 0.343 e. The first-order valence-corrected chi connectivity index (χ1v) is 18.9. The number of esters is 4. The fraction of sp³-hybridized carbons (Fsp3) is 0.0909. The van der Waals surface area contributed by atoms with E-state index < -0.39 is 48.6 Å². The summed E-state index contributed by atoms with van der Waals surface area (Å²) < 4.78 is 35.4. The minimum absolute atomic E-state index is 0.0125. The van der Waals surface area contributed by atoms with Gasteiger partial charge in [0.2, 0.25) is 11.5 Å². The number of carbonyl (C=O) groups excluding carboxylic acids is 4. The summed E-state index contributed by atoms with van der Waals surface area (Å²) in [6.45, 7) is -1.55. The number of aliphatic hydroxyl groups is 2. The largest absolute Gasteiger partial charge is 0.492 e. The van der Waals surface area contributed by atoms with Gasteiger partial charge in [-0.1, -0.05) is 72.8 Å². The lowest BCUT2D eigenvalue weighted by molar-refractivity contribution is 0.0676. The Morgan fingerprint density at radius 1 is 0.414 bits per heavy atom. The van der Waals surface area contributed by atoms with E-state index in [2.05, 4.69) is 31.9 Å². The zero-order valence-corrected chi connectivity index (χ0v) is 33.9. The zero-order chi connectivity index (χ0) is 41.3. The predicted molar refractivity (Wildman–Crippen MR) is 218 cm³/mol. The quantitative estimate of drug-likeness (QED) is 0.0838. The van der Waals surface area contributed by atoms with Crippen molar-refractivity contribution in [1.82, 2.24) is 0 Å². The molecule has 12 nitrogen and oxygen atoms in total. The third kappa shape index (κ3) is 8.50. The van der Waals surface area contributed by atoms with Gasteiger partial charge in [-0.25, -0.2) is 19.2 Å². The van der Waals surface area contributed by atoms with Gasteiger partial charge in [-0.05, 0) is 80.4 Å². The lowest BCUT2D eigenvalue weighted by Crippen LogP contribution is -2.17. The second kappa shape index (κ2) is 18.7. The van der Waals surface area contributed by atoms with E-state index in [1.165, 1.54) is 62.8 Å². The average molecular weight is 913 g/mol. The SMILES string of the molecule is COc1c(OC(=O)c2ccccc2)c(OC(=O)c2ccccc2)c(Br)c(CO)c1-c1c(CO)c(Br)c(OC(=O)c2ccccc2)c(OC(=O)c2ccccc2)c1OC. The van der Waals surface area contributed by atoms with Crippen LogP contribution in [0.2, 0.25) is 0 Å². The first-order chi connectivity index (χ1) is 28.1. The number of benzene rings is 6. The van der Waals surface area contributed by atoms with Crippen LogP contribution in [0.5, 0.6) is 34.5 Å². The van der Waals surface area contributed by atoms with Crippen molar-refractivity contribution in [3.63, 3.8) is 0 Å². The van der Waals surface area contributed by atoms with Crippen LogP contribution in [0.3, 0.4) is 0 Å². The molecule has 6 aromatic rings. The molecule has 0 radical (unpaired) electrons. The van der Waals surface area contributed by atoms with Gasteiger partial charge < -0.3 is 38.6 Å². The molecule has 0 saturated heterocycles. The molecule has 14 heteroatoms. The number of hydrogen-bond donors (Lipinski definition) is 2. The second-order valence-corrected chi connectivity index (χ2v) is 13.6. The minimum Gasteiger partial charge on any atom is -0.492 e. The Bertz CT molecular complexity index is 2300. The number of aliphatic hydroxyl groups excluding tert-OH is 2. The van der Waals surface area contributed by atoms with Crippen LogP contribution in [0.1, 0.15) is 52.6 Å². The normalized spacial score (nSPS) is 10.7. The van der Waals surface area contributed by atoms with Gasteiger partial charge in [-0.3, -0.25) is 0 Å². The maximum absolute atomic E-state index is 13.7. The van der Waals surface area contributed by atoms with Crippen LogP contribution in [0, 0.1) is 0 Å². The van der Waals surface area contributed by atoms with Gasteiger partial charge in [0.05, 0.1) is 58.6 Å². The molecule has 0 amide bonds. The molecule has 294 valence electrons. The van der Waals surface area contributed by atoms with E-state index in [1.807, 2.05) is 0 Å². The highest BCUT2D eigenvalue weighted by Crippen LogP contribution is 2.59. The van der Waals surface area contributed by atoms with Crippen LogP contribution in [0.15, 0.2) is 130 Å². The summed E-state index contributed by atoms with van der Waals surface area (Å²) in [7, 11) is 2.48. The fourth-order valence-electron chi connectivity index (χ4n) is 5.89. The Hall–Kier alpha value is -6.32. The minimum atomic E-state index is -0.873. The summed E-state index contributed by atoms with van der Waals surface area (Å²) in [5.74, 6) is -5.48. The Morgan fingerprint density at radius 3 is 0.879 bits per heavy atom. The molecule has 0 atom stereocenters. The molecule has 0 aliphatic heterocycles. The van der Waals surface area contributed by atoms with Crippen LogP contribution < -0.4 is 28.4 Å². The molecule has 0 aliphatic rings. The highest BCUT2D eigenvalue weighted by Gasteiger charge is 2.37. The Balaban J connectivity index is 1.67. The molecule has 0 spiro atoms. The van der Waals surface area contributed by atoms with E-state index in [0.717, 1.165) is 0 Å². The average Bonchev–Trinajstić information content (AvgIpc) is 3.26. The second-order valence-electron chi connectivity index (χ2n) is 12.1. The van der Waals surface area contributed by atoms with Gasteiger partial charge in [-0.2, -0.15) is 0 Å². The molecule has 0 aromatic heterocycles. The van der Waals surface area contributed by atoms with Crippen molar-refractivity contribution in [2.75, 3.05) is 14.2 Å². The van der Waals surface area contributed by atoms with Crippen LogP contribution >= 0.6 is 31.9 Å². The number of halogens is 2. The van der Waals surface area contributed by atoms with Gasteiger partial charge in [-0.15, -0.1) is 0 Å². The van der Waals surface area contributed by atoms with Crippen LogP contribution in [0.4, 0.5) is 0 Å². The molecule has 2 N–H and O–H groups in total. The number of ether oxygens (including phenoxy) is 6. The molecule has 0 saturated carbocycles. The highest BCUT2D eigenvalue weighted by molar-refractivity contribution is 9.11. The van der Waals surface area contributed by atoms with E-state index in [-0.39, 0.29) is 76.5 Å². The van der Waals surface area contributed by atoms with Crippen molar-refractivity contribution in [2.45, 2.75) is 13.2 Å². The van der Waals surface area contributed by atoms with Crippen molar-refractivity contribution < 1.29 is 57.8 Å². The van der Waals surface area contributed by atoms with E-state index in [0.29, 0.717) is 0 Å². The van der Waals surface area contributed by atoms with Crippen molar-refractivity contribution in [3.05, 3.63) is 164 Å². The summed E-state index contributed by atoms with van der Waals surface area (Å²) in [6, 6.07) is 32.0. The summed E-state index contributed by atoms with van der Waals surface area (Å²) in [4.78, 5) is 54.5. The molecular formula is C44H32Br2O12. The van der Waals surface area contributed by atoms with Gasteiger partial charge in [0.25, 0.3) is 0 Å². The number of rotatable bonds is 13. The maximum atomic E-state index is 13.7. The summed E-state index contributed by atoms with van der Waals surface area (Å²) in [5, 5.41) is 22.1. The van der Waals surface area contributed by atoms with Crippen molar-refractivity contribution in [2.24, 2.45) is 0 Å². The van der Waals surface area contributed by atoms with Gasteiger partial charge in [0, 0.05) is 22.3 Å². The molecule has 6 aromatic carbocycles. The first-order valence-electron chi connectivity index (χ1n) is 17.3. The standard InChI is InChI=1S/C44H32Br2O12/c1-53-35-31(29(23-47)33(45)37(55-41(49)25-15-7-3-8-16-25)39(35)57-43(51)27-19-11-5-12-20-27)32-30(24-48)34(46)38(56-42(50)26-17-9-4-10-18-26)40(36(32)54-2)58-44(52)28-21-13-6-14-22-28/h3-22,47-48H,23-24H2,1-2H3. The van der Waals surface area contributed by atoms with E-state index in [4.69, 9.17) is 28.4 Å². The predicted octanol–water partition coefficient (Wildman–Crippen LogP) is 8.76. The molecule has 58 heavy (non-hydrogen) atoms. The fourth-order valence-corrected chi connectivity index (χ4v) is 7.06. The van der Waals surface area contributed by atoms with Crippen LogP contribution in [-0.2, 0) is 13.2 Å². The van der Waals surface area contributed by atoms with Crippen molar-refractivity contribution in [1.29, 1.82) is 0 Å². The molecule has 0 fully saturated rings. The van der Waals surface area contributed by atoms with Gasteiger partial charge in [0.15, 0.2) is 23.0 Å². The first kappa shape index (κ1) is 41.3. The van der Waals surface area contributed by atoms with Gasteiger partial charge >= 0.3 is 23.9 Å². The van der Waals surface area contributed by atoms with Crippen molar-refractivity contribution >= 4 is 55.7 Å². The van der Waals surface area contributed by atoms with E-state index in [1.54, 1.807) is 72.8 Å². The van der Waals surface area contributed by atoms with Crippen LogP contribution in [0.25, 0.3) is 11.1 Å². The molecule has 0 unspecified atom stereocenters. The Kier molecular flexibility index (Phi) is 13.4. The summed E-state index contributed by atoms with van der Waals surface area (Å²) in [5.41, 5.74) is 0.417. The van der Waals surface area contributed by atoms with E-state index >= 15 is 0 Å². The zero-order valence-electron chi connectivity index (χ0n) is 30.7. The molecule has 6 rings (SSSR count). The lowest BCUT2D eigenvalue weighted by Gasteiger charge is -2.26. The van der Waals surface area contributed by atoms with Crippen molar-refractivity contribution in [3.8, 4) is 45.6 Å². The smallest absolute Gasteiger partial charge is 0.343 e. The summed E-state index contributed by atoms with van der Waals surface area (Å²) in [6.07, 6.45) is 0. The van der Waals surface area contributed by atoms with Crippen LogP contribution in [-0.4, -0.2) is 48.3 Å². The number of carbonyl (C=O) groups is 4. The molecular weight excluding hydrogens is 880 g/mol. The third-order valence-corrected chi connectivity index (χ3v) is 10.3. The number of methoxy groups -OCH3 is 2. The number of hydrogen-bond acceptors (Lipinski definition) is 12. The van der Waals surface area contributed by atoms with Gasteiger partial charge in [0.1, 0.15) is 0 Å². The third-order valence-electron chi connectivity index (χ3n) is 8.60. The Morgan fingerprint density at radius 2 is 0.655 bits per heavy atom. The monoisotopic (exact) mass is 910 g/mol.